The molecule has 3 atom stereocenters. The molecule has 1 aromatic carbocycles. The van der Waals surface area contributed by atoms with E-state index in [9.17, 15) is 22.7 Å². The van der Waals surface area contributed by atoms with Crippen LogP contribution < -0.4 is 0 Å². The second kappa shape index (κ2) is 7.83. The maximum Gasteiger partial charge on any atom is 0.406 e. The number of likely N-dealkylation sites (tertiary alicyclic amines) is 1. The summed E-state index contributed by atoms with van der Waals surface area (Å²) in [5.74, 6) is -0.429. The fourth-order valence-electron chi connectivity index (χ4n) is 4.66. The highest BCUT2D eigenvalue weighted by atomic mass is 19.4. The molecule has 2 aliphatic heterocycles. The smallest absolute Gasteiger partial charge is 0.372 e. The Bertz CT molecular complexity index is 1150. The molecule has 9 heteroatoms. The van der Waals surface area contributed by atoms with Gasteiger partial charge in [0.25, 0.3) is 0 Å². The van der Waals surface area contributed by atoms with Gasteiger partial charge in [-0.1, -0.05) is 12.1 Å². The number of halogens is 4. The van der Waals surface area contributed by atoms with Gasteiger partial charge in [-0.25, -0.2) is 9.37 Å². The van der Waals surface area contributed by atoms with Crippen LogP contribution in [0.1, 0.15) is 30.3 Å². The van der Waals surface area contributed by atoms with E-state index in [1.165, 1.54) is 12.3 Å². The maximum absolute atomic E-state index is 14.1. The van der Waals surface area contributed by atoms with Crippen molar-refractivity contribution in [3.63, 3.8) is 0 Å². The number of hydrogen-bond donors (Lipinski definition) is 1. The standard InChI is InChI=1S/C23H23F4N3O2/c1-13-2-3-14(8-19(13)24)18-11-30(12-23(25,26)27)21-17(18)6-7-20(28-21)22(31)29-9-15-4-5-16(10-29)32-15/h2-3,6-8,11,15-16,22,31H,4-5,9-10,12H2,1H3. The van der Waals surface area contributed by atoms with E-state index >= 15 is 0 Å². The first-order valence-corrected chi connectivity index (χ1v) is 10.6. The molecule has 3 aromatic rings. The Hall–Kier alpha value is -2.49. The summed E-state index contributed by atoms with van der Waals surface area (Å²) in [6.45, 7) is 1.49. The molecule has 2 saturated heterocycles. The van der Waals surface area contributed by atoms with Gasteiger partial charge in [-0.05, 0) is 49.1 Å². The third-order valence-corrected chi connectivity index (χ3v) is 6.26. The average molecular weight is 449 g/mol. The number of benzene rings is 1. The number of aromatic nitrogens is 2. The molecule has 0 saturated carbocycles. The summed E-state index contributed by atoms with van der Waals surface area (Å²) >= 11 is 0. The molecule has 2 bridgehead atoms. The van der Waals surface area contributed by atoms with Crippen molar-refractivity contribution in [3.8, 4) is 11.1 Å². The SMILES string of the molecule is Cc1ccc(-c2cn(CC(F)(F)F)c3nc(C(O)N4CC5CCC(C4)O5)ccc23)cc1F. The molecule has 5 rings (SSSR count). The molecule has 2 aromatic heterocycles. The molecule has 0 spiro atoms. The second-order valence-corrected chi connectivity index (χ2v) is 8.64. The van der Waals surface area contributed by atoms with Gasteiger partial charge in [-0.2, -0.15) is 13.2 Å². The van der Waals surface area contributed by atoms with Gasteiger partial charge in [-0.15, -0.1) is 0 Å². The molecule has 2 aliphatic rings. The van der Waals surface area contributed by atoms with Crippen molar-refractivity contribution in [3.05, 3.63) is 53.6 Å². The number of rotatable bonds is 4. The molecule has 3 unspecified atom stereocenters. The fraction of sp³-hybridized carbons (Fsp3) is 0.435. The van der Waals surface area contributed by atoms with Crippen LogP contribution in [-0.2, 0) is 11.3 Å². The average Bonchev–Trinajstić information content (AvgIpc) is 3.27. The zero-order chi connectivity index (χ0) is 22.6. The summed E-state index contributed by atoms with van der Waals surface area (Å²) in [5, 5.41) is 11.4. The lowest BCUT2D eigenvalue weighted by molar-refractivity contribution is -0.139. The van der Waals surface area contributed by atoms with Gasteiger partial charge >= 0.3 is 6.18 Å². The molecule has 0 amide bonds. The third-order valence-electron chi connectivity index (χ3n) is 6.26. The Morgan fingerprint density at radius 3 is 2.53 bits per heavy atom. The number of nitrogens with zero attached hydrogens (tertiary/aromatic N) is 3. The predicted octanol–water partition coefficient (Wildman–Crippen LogP) is 4.57. The lowest BCUT2D eigenvalue weighted by atomic mass is 10.0. The third kappa shape index (κ3) is 4.00. The number of morpholine rings is 1. The highest BCUT2D eigenvalue weighted by molar-refractivity contribution is 5.94. The molecule has 0 aliphatic carbocycles. The van der Waals surface area contributed by atoms with Crippen LogP contribution in [0, 0.1) is 12.7 Å². The molecule has 0 radical (unpaired) electrons. The van der Waals surface area contributed by atoms with Crippen LogP contribution in [0.2, 0.25) is 0 Å². The van der Waals surface area contributed by atoms with E-state index in [-0.39, 0.29) is 23.5 Å². The van der Waals surface area contributed by atoms with E-state index < -0.39 is 24.8 Å². The minimum Gasteiger partial charge on any atom is -0.372 e. The molecule has 2 fully saturated rings. The number of fused-ring (bicyclic) bond motifs is 3. The zero-order valence-corrected chi connectivity index (χ0v) is 17.4. The monoisotopic (exact) mass is 449 g/mol. The van der Waals surface area contributed by atoms with Crippen molar-refractivity contribution in [1.29, 1.82) is 0 Å². The first-order chi connectivity index (χ1) is 15.2. The number of hydrogen-bond acceptors (Lipinski definition) is 4. The number of aliphatic hydroxyl groups is 1. The van der Waals surface area contributed by atoms with Crippen molar-refractivity contribution in [2.24, 2.45) is 0 Å². The minimum absolute atomic E-state index is 0.0595. The van der Waals surface area contributed by atoms with Gasteiger partial charge < -0.3 is 14.4 Å². The van der Waals surface area contributed by atoms with Crippen LogP contribution in [0.5, 0.6) is 0 Å². The van der Waals surface area contributed by atoms with Crippen LogP contribution in [0.4, 0.5) is 17.6 Å². The normalized spacial score (nSPS) is 22.6. The molecule has 5 nitrogen and oxygen atoms in total. The summed E-state index contributed by atoms with van der Waals surface area (Å²) in [4.78, 5) is 6.28. The fourth-order valence-corrected chi connectivity index (χ4v) is 4.66. The lowest BCUT2D eigenvalue weighted by Crippen LogP contribution is -2.44. The highest BCUT2D eigenvalue weighted by Gasteiger charge is 2.37. The van der Waals surface area contributed by atoms with Crippen molar-refractivity contribution in [2.75, 3.05) is 13.1 Å². The molecule has 4 heterocycles. The van der Waals surface area contributed by atoms with Gasteiger partial charge in [0.05, 0.1) is 17.9 Å². The Balaban J connectivity index is 1.56. The van der Waals surface area contributed by atoms with Crippen LogP contribution in [0.3, 0.4) is 0 Å². The number of pyridine rings is 1. The largest absolute Gasteiger partial charge is 0.406 e. The van der Waals surface area contributed by atoms with E-state index in [2.05, 4.69) is 4.98 Å². The summed E-state index contributed by atoms with van der Waals surface area (Å²) < 4.78 is 60.7. The summed E-state index contributed by atoms with van der Waals surface area (Å²) in [6.07, 6.45) is -2.16. The minimum atomic E-state index is -4.46. The van der Waals surface area contributed by atoms with Crippen molar-refractivity contribution in [1.82, 2.24) is 14.5 Å². The van der Waals surface area contributed by atoms with Crippen molar-refractivity contribution < 1.29 is 27.4 Å². The Morgan fingerprint density at radius 1 is 1.16 bits per heavy atom. The van der Waals surface area contributed by atoms with E-state index in [0.29, 0.717) is 35.2 Å². The highest BCUT2D eigenvalue weighted by Crippen LogP contribution is 2.35. The molecule has 170 valence electrons. The van der Waals surface area contributed by atoms with E-state index in [0.717, 1.165) is 17.4 Å². The quantitative estimate of drug-likeness (QED) is 0.593. The van der Waals surface area contributed by atoms with Gasteiger partial charge in [0.15, 0.2) is 6.23 Å². The number of ether oxygens (including phenoxy) is 1. The summed E-state index contributed by atoms with van der Waals surface area (Å²) in [7, 11) is 0. The molecular weight excluding hydrogens is 426 g/mol. The Kier molecular flexibility index (Phi) is 5.22. The van der Waals surface area contributed by atoms with Crippen molar-refractivity contribution in [2.45, 2.75) is 50.9 Å². The topological polar surface area (TPSA) is 50.5 Å². The number of aryl methyl sites for hydroxylation is 1. The number of alkyl halides is 3. The van der Waals surface area contributed by atoms with E-state index in [1.807, 2.05) is 4.90 Å². The summed E-state index contributed by atoms with van der Waals surface area (Å²) in [6, 6.07) is 7.85. The van der Waals surface area contributed by atoms with E-state index in [4.69, 9.17) is 4.74 Å². The summed E-state index contributed by atoms with van der Waals surface area (Å²) in [5.41, 5.74) is 1.77. The zero-order valence-electron chi connectivity index (χ0n) is 17.4. The number of aliphatic hydroxyl groups excluding tert-OH is 1. The van der Waals surface area contributed by atoms with Crippen molar-refractivity contribution >= 4 is 11.0 Å². The first-order valence-electron chi connectivity index (χ1n) is 10.6. The van der Waals surface area contributed by atoms with Crippen LogP contribution in [0.15, 0.2) is 36.5 Å². The van der Waals surface area contributed by atoms with Gasteiger partial charge in [0, 0.05) is 30.2 Å². The molecule has 1 N–H and O–H groups in total. The Labute approximate surface area is 182 Å². The van der Waals surface area contributed by atoms with Gasteiger partial charge in [-0.3, -0.25) is 4.90 Å². The van der Waals surface area contributed by atoms with E-state index in [1.54, 1.807) is 31.2 Å². The van der Waals surface area contributed by atoms with Gasteiger partial charge in [0.2, 0.25) is 0 Å². The van der Waals surface area contributed by atoms with Crippen LogP contribution in [0.25, 0.3) is 22.2 Å². The van der Waals surface area contributed by atoms with Gasteiger partial charge in [0.1, 0.15) is 18.0 Å². The second-order valence-electron chi connectivity index (χ2n) is 8.64. The van der Waals surface area contributed by atoms with Crippen LogP contribution >= 0.6 is 0 Å². The first kappa shape index (κ1) is 21.4. The van der Waals surface area contributed by atoms with Crippen LogP contribution in [-0.4, -0.2) is 51.0 Å². The molecule has 32 heavy (non-hydrogen) atoms. The Morgan fingerprint density at radius 2 is 1.88 bits per heavy atom. The maximum atomic E-state index is 14.1. The predicted molar refractivity (Wildman–Crippen MR) is 110 cm³/mol. The lowest BCUT2D eigenvalue weighted by Gasteiger charge is -2.35. The molecular formula is C23H23F4N3O2.